The molecule has 37 heavy (non-hydrogen) atoms. The second-order valence-electron chi connectivity index (χ2n) is 9.50. The number of quaternary nitrogens is 3. The van der Waals surface area contributed by atoms with E-state index in [1.165, 1.54) is 22.7 Å². The van der Waals surface area contributed by atoms with E-state index in [4.69, 9.17) is 8.83 Å². The summed E-state index contributed by atoms with van der Waals surface area (Å²) in [7, 11) is 0. The first-order valence-corrected chi connectivity index (χ1v) is 12.9. The molecule has 4 heterocycles. The van der Waals surface area contributed by atoms with E-state index in [2.05, 4.69) is 0 Å². The third kappa shape index (κ3) is 4.04. The molecule has 1 aromatic heterocycles. The lowest BCUT2D eigenvalue weighted by Crippen LogP contribution is -3.25. The van der Waals surface area contributed by atoms with Crippen LogP contribution in [0.25, 0.3) is 0 Å². The van der Waals surface area contributed by atoms with Gasteiger partial charge in [0.2, 0.25) is 11.5 Å². The maximum Gasteiger partial charge on any atom is 0.519 e. The number of hydrogen-bond donors (Lipinski definition) is 4. The molecule has 0 spiro atoms. The van der Waals surface area contributed by atoms with Crippen LogP contribution in [0.3, 0.4) is 0 Å². The Morgan fingerprint density at radius 1 is 1.08 bits per heavy atom. The van der Waals surface area contributed by atoms with Crippen LogP contribution in [0.4, 0.5) is 15.8 Å². The van der Waals surface area contributed by atoms with Crippen molar-refractivity contribution < 1.29 is 42.6 Å². The SMILES string of the molecule is Cc1oc(=O)oc1C[NH+]1CC[NH+](c2cc3c(cc2F)C(=O)C(C(=O)O)=C2SC(c4ccccc4)[NH+]23)CC1. The van der Waals surface area contributed by atoms with Crippen LogP contribution in [0.2, 0.25) is 0 Å². The molecular formula is C26H25FN3O6S+3. The molecule has 9 nitrogen and oxygen atoms in total. The number of rotatable bonds is 5. The second kappa shape index (κ2) is 9.10. The van der Waals surface area contributed by atoms with Gasteiger partial charge in [0.05, 0.1) is 11.6 Å². The number of halogens is 1. The molecule has 3 aromatic rings. The monoisotopic (exact) mass is 526 g/mol. The third-order valence-corrected chi connectivity index (χ3v) is 8.75. The largest absolute Gasteiger partial charge is 0.519 e. The molecule has 2 unspecified atom stereocenters. The van der Waals surface area contributed by atoms with Gasteiger partial charge in [0, 0.05) is 17.3 Å². The first kappa shape index (κ1) is 23.9. The Kier molecular flexibility index (Phi) is 5.87. The van der Waals surface area contributed by atoms with E-state index in [1.54, 1.807) is 13.0 Å². The zero-order chi connectivity index (χ0) is 25.8. The van der Waals surface area contributed by atoms with Gasteiger partial charge >= 0.3 is 11.8 Å². The van der Waals surface area contributed by atoms with Gasteiger partial charge in [-0.05, 0) is 13.0 Å². The van der Waals surface area contributed by atoms with E-state index in [1.807, 2.05) is 30.3 Å². The Bertz CT molecular complexity index is 1510. The summed E-state index contributed by atoms with van der Waals surface area (Å²) in [6.07, 6.45) is 0. The van der Waals surface area contributed by atoms with E-state index in [0.29, 0.717) is 47.6 Å². The van der Waals surface area contributed by atoms with Crippen LogP contribution in [0.5, 0.6) is 0 Å². The molecule has 2 saturated heterocycles. The average molecular weight is 527 g/mol. The summed E-state index contributed by atoms with van der Waals surface area (Å²) in [4.78, 5) is 39.3. The molecule has 0 bridgehead atoms. The van der Waals surface area contributed by atoms with Gasteiger partial charge in [0.25, 0.3) is 0 Å². The number of hydrogen-bond acceptors (Lipinski definition) is 6. The number of carboxylic acid groups (broad SMARTS) is 1. The lowest BCUT2D eigenvalue weighted by molar-refractivity contribution is -0.995. The molecule has 0 radical (unpaired) electrons. The van der Waals surface area contributed by atoms with E-state index in [0.717, 1.165) is 28.5 Å². The van der Waals surface area contributed by atoms with Crippen molar-refractivity contribution in [2.75, 3.05) is 26.2 Å². The zero-order valence-electron chi connectivity index (χ0n) is 19.9. The fourth-order valence-electron chi connectivity index (χ4n) is 5.42. The normalized spacial score (nSPS) is 24.9. The van der Waals surface area contributed by atoms with Crippen LogP contribution in [0, 0.1) is 12.7 Å². The third-order valence-electron chi connectivity index (χ3n) is 7.34. The highest BCUT2D eigenvalue weighted by molar-refractivity contribution is 8.04. The molecule has 4 N–H and O–H groups in total. The predicted molar refractivity (Wildman–Crippen MR) is 130 cm³/mol. The zero-order valence-corrected chi connectivity index (χ0v) is 20.7. The Morgan fingerprint density at radius 2 is 1.81 bits per heavy atom. The smallest absolute Gasteiger partial charge is 0.477 e. The molecule has 3 aliphatic heterocycles. The number of thioether (sulfide) groups is 1. The number of carbonyl (C=O) groups excluding carboxylic acids is 1. The Balaban J connectivity index is 1.29. The fourth-order valence-corrected chi connectivity index (χ4v) is 6.78. The first-order chi connectivity index (χ1) is 17.8. The number of ketones is 1. The van der Waals surface area contributed by atoms with Crippen molar-refractivity contribution in [3.63, 3.8) is 0 Å². The molecule has 190 valence electrons. The molecule has 0 amide bonds. The van der Waals surface area contributed by atoms with Gasteiger partial charge in [0.1, 0.15) is 32.7 Å². The molecule has 2 atom stereocenters. The molecule has 3 aliphatic rings. The first-order valence-electron chi connectivity index (χ1n) is 12.0. The maximum atomic E-state index is 15.4. The van der Waals surface area contributed by atoms with Crippen LogP contribution < -0.4 is 20.5 Å². The van der Waals surface area contributed by atoms with Crippen LogP contribution >= 0.6 is 11.8 Å². The predicted octanol–water partition coefficient (Wildman–Crippen LogP) is -0.250. The van der Waals surface area contributed by atoms with Gasteiger partial charge in [-0.2, -0.15) is 0 Å². The van der Waals surface area contributed by atoms with E-state index in [-0.39, 0.29) is 16.5 Å². The van der Waals surface area contributed by atoms with Crippen molar-refractivity contribution >= 4 is 34.9 Å². The summed E-state index contributed by atoms with van der Waals surface area (Å²) in [5.41, 5.74) is 1.93. The molecule has 2 aromatic carbocycles. The second-order valence-corrected chi connectivity index (χ2v) is 10.6. The number of nitrogens with one attached hydrogen (secondary N) is 3. The van der Waals surface area contributed by atoms with Crippen molar-refractivity contribution in [3.8, 4) is 0 Å². The van der Waals surface area contributed by atoms with E-state index < -0.39 is 23.4 Å². The number of carbonyl (C=O) groups is 2. The van der Waals surface area contributed by atoms with Crippen molar-refractivity contribution in [2.24, 2.45) is 0 Å². The number of carboxylic acids is 1. The van der Waals surface area contributed by atoms with Crippen molar-refractivity contribution in [1.29, 1.82) is 0 Å². The van der Waals surface area contributed by atoms with Gasteiger partial charge in [-0.3, -0.25) is 9.69 Å². The molecular weight excluding hydrogens is 501 g/mol. The summed E-state index contributed by atoms with van der Waals surface area (Å²) >= 11 is 1.36. The van der Waals surface area contributed by atoms with Gasteiger partial charge in [0.15, 0.2) is 38.9 Å². The van der Waals surface area contributed by atoms with Gasteiger partial charge in [-0.15, -0.1) is 0 Å². The van der Waals surface area contributed by atoms with Gasteiger partial charge < -0.3 is 18.8 Å². The standard InChI is InChI=1S/C26H22FN3O6S/c1-14-20(36-26(34)35-14)13-28-7-9-29(10-8-28)19-12-18-16(11-17(19)27)22(31)21(25(32)33)24-30(18)23(37-24)15-5-3-2-4-6-15/h2-6,11-12,23H,7-10,13H2,1H3,(H,32,33)/p+3. The number of piperazine rings is 1. The minimum absolute atomic E-state index is 0.104. The number of Topliss-reactive ketones (excluding diaryl/α,β-unsaturated/α-hetero) is 1. The van der Waals surface area contributed by atoms with Crippen LogP contribution in [0.1, 0.15) is 32.8 Å². The molecule has 2 fully saturated rings. The minimum Gasteiger partial charge on any atom is -0.477 e. The lowest BCUT2D eigenvalue weighted by atomic mass is 9.95. The summed E-state index contributed by atoms with van der Waals surface area (Å²) in [5, 5.41) is 10.1. The number of aliphatic carboxylic acids is 1. The Morgan fingerprint density at radius 3 is 2.46 bits per heavy atom. The maximum absolute atomic E-state index is 15.4. The van der Waals surface area contributed by atoms with Gasteiger partial charge in [-0.1, -0.05) is 30.3 Å². The van der Waals surface area contributed by atoms with E-state index in [9.17, 15) is 19.5 Å². The highest BCUT2D eigenvalue weighted by Gasteiger charge is 2.53. The minimum atomic E-state index is -1.29. The van der Waals surface area contributed by atoms with Crippen LogP contribution in [-0.2, 0) is 11.3 Å². The fraction of sp³-hybridized carbons (Fsp3) is 0.269. The van der Waals surface area contributed by atoms with Gasteiger partial charge in [-0.25, -0.2) is 18.9 Å². The molecule has 0 aliphatic carbocycles. The van der Waals surface area contributed by atoms with Crippen molar-refractivity contribution in [2.45, 2.75) is 18.8 Å². The molecule has 11 heteroatoms. The van der Waals surface area contributed by atoms with E-state index >= 15 is 4.39 Å². The van der Waals surface area contributed by atoms with Crippen molar-refractivity contribution in [1.82, 2.24) is 0 Å². The topological polar surface area (TPSA) is 111 Å². The summed E-state index contributed by atoms with van der Waals surface area (Å²) in [6, 6.07) is 12.6. The number of aryl methyl sites for hydroxylation is 1. The summed E-state index contributed by atoms with van der Waals surface area (Å²) in [5.74, 6) is -2.15. The Hall–Kier alpha value is -3.51. The average Bonchev–Trinajstić information content (AvgIpc) is 3.18. The summed E-state index contributed by atoms with van der Waals surface area (Å²) in [6.45, 7) is 4.97. The van der Waals surface area contributed by atoms with Crippen molar-refractivity contribution in [3.05, 3.63) is 92.1 Å². The van der Waals surface area contributed by atoms with Crippen LogP contribution in [-0.4, -0.2) is 43.0 Å². The lowest BCUT2D eigenvalue weighted by Gasteiger charge is -2.41. The number of fused-ring (bicyclic) bond motifs is 3. The highest BCUT2D eigenvalue weighted by atomic mass is 32.2. The highest BCUT2D eigenvalue weighted by Crippen LogP contribution is 2.44. The Labute approximate surface area is 214 Å². The van der Waals surface area contributed by atoms with Crippen LogP contribution in [0.15, 0.2) is 66.7 Å². The quantitative estimate of drug-likeness (QED) is 0.340. The molecule has 6 rings (SSSR count). The molecule has 0 saturated carbocycles. The summed E-state index contributed by atoms with van der Waals surface area (Å²) < 4.78 is 25.5. The number of benzene rings is 2.